The van der Waals surface area contributed by atoms with Crippen LogP contribution in [0.1, 0.15) is 16.7 Å². The predicted molar refractivity (Wildman–Crippen MR) is 82.0 cm³/mol. The maximum atomic E-state index is 12.4. The summed E-state index contributed by atoms with van der Waals surface area (Å²) < 4.78 is 26.2. The highest BCUT2D eigenvalue weighted by atomic mass is 32.2. The van der Waals surface area contributed by atoms with Crippen molar-refractivity contribution in [3.8, 4) is 0 Å². The van der Waals surface area contributed by atoms with E-state index >= 15 is 0 Å². The number of sulfonamides is 1. The van der Waals surface area contributed by atoms with E-state index in [4.69, 9.17) is 5.73 Å². The van der Waals surface area contributed by atoms with Gasteiger partial charge in [0.25, 0.3) is 10.0 Å². The van der Waals surface area contributed by atoms with Crippen molar-refractivity contribution in [3.05, 3.63) is 59.3 Å². The summed E-state index contributed by atoms with van der Waals surface area (Å²) in [6.45, 7) is 2.64. The SMILES string of the molecule is Cc1ccc(CN(C)S(=O)(=O)c2ccc(CN)cn2)cc1. The molecule has 0 bridgehead atoms. The van der Waals surface area contributed by atoms with Crippen molar-refractivity contribution >= 4 is 10.0 Å². The lowest BCUT2D eigenvalue weighted by Gasteiger charge is -2.17. The molecule has 0 unspecified atom stereocenters. The molecule has 0 spiro atoms. The first kappa shape index (κ1) is 15.6. The van der Waals surface area contributed by atoms with Gasteiger partial charge in [-0.3, -0.25) is 0 Å². The highest BCUT2D eigenvalue weighted by Gasteiger charge is 2.22. The third-order valence-corrected chi connectivity index (χ3v) is 4.95. The van der Waals surface area contributed by atoms with Gasteiger partial charge in [0.1, 0.15) is 0 Å². The first-order chi connectivity index (χ1) is 9.93. The highest BCUT2D eigenvalue weighted by molar-refractivity contribution is 7.89. The Labute approximate surface area is 125 Å². The summed E-state index contributed by atoms with van der Waals surface area (Å²) in [4.78, 5) is 3.99. The fourth-order valence-corrected chi connectivity index (χ4v) is 2.94. The van der Waals surface area contributed by atoms with E-state index in [1.165, 1.54) is 16.6 Å². The largest absolute Gasteiger partial charge is 0.326 e. The van der Waals surface area contributed by atoms with Gasteiger partial charge in [-0.1, -0.05) is 35.9 Å². The van der Waals surface area contributed by atoms with Crippen molar-refractivity contribution in [1.82, 2.24) is 9.29 Å². The Morgan fingerprint density at radius 1 is 1.10 bits per heavy atom. The molecule has 0 saturated carbocycles. The zero-order chi connectivity index (χ0) is 15.5. The number of aryl methyl sites for hydroxylation is 1. The van der Waals surface area contributed by atoms with Crippen LogP contribution in [0.5, 0.6) is 0 Å². The van der Waals surface area contributed by atoms with Gasteiger partial charge in [-0.15, -0.1) is 0 Å². The quantitative estimate of drug-likeness (QED) is 0.911. The fraction of sp³-hybridized carbons (Fsp3) is 0.267. The van der Waals surface area contributed by atoms with E-state index in [1.54, 1.807) is 13.1 Å². The molecule has 0 atom stereocenters. The van der Waals surface area contributed by atoms with Crippen molar-refractivity contribution in [2.45, 2.75) is 25.0 Å². The van der Waals surface area contributed by atoms with Crippen LogP contribution < -0.4 is 5.73 Å². The number of rotatable bonds is 5. The van der Waals surface area contributed by atoms with Gasteiger partial charge in [-0.05, 0) is 24.1 Å². The Kier molecular flexibility index (Phi) is 4.72. The summed E-state index contributed by atoms with van der Waals surface area (Å²) >= 11 is 0. The van der Waals surface area contributed by atoms with Crippen molar-refractivity contribution in [3.63, 3.8) is 0 Å². The second-order valence-electron chi connectivity index (χ2n) is 4.96. The first-order valence-corrected chi connectivity index (χ1v) is 8.04. The van der Waals surface area contributed by atoms with E-state index in [1.807, 2.05) is 31.2 Å². The summed E-state index contributed by atoms with van der Waals surface area (Å²) in [5.41, 5.74) is 8.36. The maximum Gasteiger partial charge on any atom is 0.260 e. The molecule has 0 aliphatic rings. The minimum Gasteiger partial charge on any atom is -0.326 e. The van der Waals surface area contributed by atoms with Crippen LogP contribution in [-0.2, 0) is 23.1 Å². The smallest absolute Gasteiger partial charge is 0.260 e. The summed E-state index contributed by atoms with van der Waals surface area (Å²) in [6.07, 6.45) is 1.49. The Morgan fingerprint density at radius 2 is 1.71 bits per heavy atom. The van der Waals surface area contributed by atoms with E-state index in [0.717, 1.165) is 16.7 Å². The molecule has 1 aromatic heterocycles. The Bertz CT molecular complexity index is 695. The number of hydrogen-bond donors (Lipinski definition) is 1. The van der Waals surface area contributed by atoms with Gasteiger partial charge in [0, 0.05) is 26.3 Å². The van der Waals surface area contributed by atoms with Crippen molar-refractivity contribution in [2.75, 3.05) is 7.05 Å². The summed E-state index contributed by atoms with van der Waals surface area (Å²) in [5, 5.41) is 0.0364. The average molecular weight is 305 g/mol. The lowest BCUT2D eigenvalue weighted by atomic mass is 10.1. The second-order valence-corrected chi connectivity index (χ2v) is 6.95. The number of aromatic nitrogens is 1. The lowest BCUT2D eigenvalue weighted by Crippen LogP contribution is -2.27. The van der Waals surface area contributed by atoms with Crippen LogP contribution in [0, 0.1) is 6.92 Å². The van der Waals surface area contributed by atoms with Crippen molar-refractivity contribution < 1.29 is 8.42 Å². The Morgan fingerprint density at radius 3 is 2.24 bits per heavy atom. The van der Waals surface area contributed by atoms with Gasteiger partial charge < -0.3 is 5.73 Å². The average Bonchev–Trinajstić information content (AvgIpc) is 2.49. The van der Waals surface area contributed by atoms with Gasteiger partial charge >= 0.3 is 0 Å². The summed E-state index contributed by atoms with van der Waals surface area (Å²) in [5.74, 6) is 0. The summed E-state index contributed by atoms with van der Waals surface area (Å²) in [7, 11) is -2.04. The third-order valence-electron chi connectivity index (χ3n) is 3.23. The molecule has 0 radical (unpaired) electrons. The zero-order valence-corrected chi connectivity index (χ0v) is 13.0. The molecular formula is C15H19N3O2S. The molecular weight excluding hydrogens is 286 g/mol. The zero-order valence-electron chi connectivity index (χ0n) is 12.2. The monoisotopic (exact) mass is 305 g/mol. The van der Waals surface area contributed by atoms with E-state index < -0.39 is 10.0 Å². The minimum atomic E-state index is -3.59. The predicted octanol–water partition coefficient (Wildman–Crippen LogP) is 1.67. The van der Waals surface area contributed by atoms with Crippen LogP contribution in [0.2, 0.25) is 0 Å². The Hall–Kier alpha value is -1.76. The van der Waals surface area contributed by atoms with E-state index in [0.29, 0.717) is 13.1 Å². The molecule has 2 N–H and O–H groups in total. The van der Waals surface area contributed by atoms with E-state index in [9.17, 15) is 8.42 Å². The molecule has 0 amide bonds. The van der Waals surface area contributed by atoms with Gasteiger partial charge in [-0.25, -0.2) is 13.4 Å². The van der Waals surface area contributed by atoms with Gasteiger partial charge in [0.05, 0.1) is 0 Å². The molecule has 6 heteroatoms. The highest BCUT2D eigenvalue weighted by Crippen LogP contribution is 2.15. The molecule has 112 valence electrons. The number of benzene rings is 1. The van der Waals surface area contributed by atoms with Crippen LogP contribution in [0.15, 0.2) is 47.6 Å². The van der Waals surface area contributed by atoms with Crippen molar-refractivity contribution in [1.29, 1.82) is 0 Å². The van der Waals surface area contributed by atoms with Gasteiger partial charge in [0.15, 0.2) is 5.03 Å². The molecule has 0 aliphatic carbocycles. The summed E-state index contributed by atoms with van der Waals surface area (Å²) in [6, 6.07) is 10.9. The van der Waals surface area contributed by atoms with Crippen LogP contribution in [0.25, 0.3) is 0 Å². The lowest BCUT2D eigenvalue weighted by molar-refractivity contribution is 0.464. The normalized spacial score (nSPS) is 11.8. The molecule has 0 saturated heterocycles. The fourth-order valence-electron chi connectivity index (χ4n) is 1.88. The molecule has 2 rings (SSSR count). The molecule has 5 nitrogen and oxygen atoms in total. The molecule has 1 heterocycles. The van der Waals surface area contributed by atoms with Gasteiger partial charge in [0.2, 0.25) is 0 Å². The minimum absolute atomic E-state index is 0.0364. The maximum absolute atomic E-state index is 12.4. The van der Waals surface area contributed by atoms with Crippen LogP contribution in [-0.4, -0.2) is 24.8 Å². The van der Waals surface area contributed by atoms with Crippen LogP contribution in [0.3, 0.4) is 0 Å². The molecule has 21 heavy (non-hydrogen) atoms. The molecule has 0 aliphatic heterocycles. The second kappa shape index (κ2) is 6.34. The molecule has 0 fully saturated rings. The Balaban J connectivity index is 2.19. The third kappa shape index (κ3) is 3.66. The van der Waals surface area contributed by atoms with Crippen LogP contribution >= 0.6 is 0 Å². The van der Waals surface area contributed by atoms with E-state index in [-0.39, 0.29) is 5.03 Å². The van der Waals surface area contributed by atoms with E-state index in [2.05, 4.69) is 4.98 Å². The van der Waals surface area contributed by atoms with Crippen LogP contribution in [0.4, 0.5) is 0 Å². The van der Waals surface area contributed by atoms with Crippen molar-refractivity contribution in [2.24, 2.45) is 5.73 Å². The molecule has 2 aromatic rings. The van der Waals surface area contributed by atoms with Gasteiger partial charge in [-0.2, -0.15) is 4.31 Å². The number of pyridine rings is 1. The number of nitrogens with two attached hydrogens (primary N) is 1. The number of nitrogens with zero attached hydrogens (tertiary/aromatic N) is 2. The standard InChI is InChI=1S/C15H19N3O2S/c1-12-3-5-13(6-4-12)11-18(2)21(19,20)15-8-7-14(9-16)10-17-15/h3-8,10H,9,11,16H2,1-2H3. The number of hydrogen-bond acceptors (Lipinski definition) is 4. The first-order valence-electron chi connectivity index (χ1n) is 6.60. The molecule has 1 aromatic carbocycles. The topological polar surface area (TPSA) is 76.3 Å².